The van der Waals surface area contributed by atoms with Crippen LogP contribution < -0.4 is 5.32 Å². The monoisotopic (exact) mass is 603 g/mol. The summed E-state index contributed by atoms with van der Waals surface area (Å²) in [5.74, 6) is 0.366. The van der Waals surface area contributed by atoms with Crippen molar-refractivity contribution in [3.05, 3.63) is 47.7 Å². The second-order valence-corrected chi connectivity index (χ2v) is 14.0. The van der Waals surface area contributed by atoms with Crippen molar-refractivity contribution in [1.29, 1.82) is 0 Å². The average molecular weight is 604 g/mol. The number of ether oxygens (including phenoxy) is 1. The summed E-state index contributed by atoms with van der Waals surface area (Å²) in [6.45, 7) is 5.80. The third kappa shape index (κ3) is 4.97. The number of nitrogens with zero attached hydrogens (tertiary/aromatic N) is 1. The Morgan fingerprint density at radius 3 is 2.64 bits per heavy atom. The Morgan fingerprint density at radius 2 is 1.86 bits per heavy atom. The van der Waals surface area contributed by atoms with Gasteiger partial charge in [0.05, 0.1) is 12.8 Å². The molecule has 0 unspecified atom stereocenters. The summed E-state index contributed by atoms with van der Waals surface area (Å²) in [5.41, 5.74) is 2.63. The van der Waals surface area contributed by atoms with Crippen LogP contribution in [0.5, 0.6) is 0 Å². The van der Waals surface area contributed by atoms with Crippen molar-refractivity contribution >= 4 is 34.3 Å². The topological polar surface area (TPSA) is 130 Å². The molecule has 9 heteroatoms. The lowest BCUT2D eigenvalue weighted by Crippen LogP contribution is -2.57. The zero-order valence-corrected chi connectivity index (χ0v) is 26.3. The SMILES string of the molecule is COC(=O)[C@H](Cc1c[nH]c2ccccc12)NC(=O)CO/N=C1\C=C2CC[C@H]3[C@@H](CC[C@@]4(C)[C@H]3CC[C@]4(O)C(C)=O)[C@@]2(C)CC1. The highest BCUT2D eigenvalue weighted by Crippen LogP contribution is 2.67. The van der Waals surface area contributed by atoms with Crippen LogP contribution in [0.1, 0.15) is 77.7 Å². The number of rotatable bonds is 8. The van der Waals surface area contributed by atoms with E-state index in [0.717, 1.165) is 67.1 Å². The Labute approximate surface area is 258 Å². The van der Waals surface area contributed by atoms with Crippen molar-refractivity contribution in [3.63, 3.8) is 0 Å². The third-order valence-corrected chi connectivity index (χ3v) is 12.0. The number of aliphatic hydroxyl groups is 1. The number of fused-ring (bicyclic) bond motifs is 6. The molecule has 236 valence electrons. The van der Waals surface area contributed by atoms with Crippen LogP contribution in [0.25, 0.3) is 10.9 Å². The summed E-state index contributed by atoms with van der Waals surface area (Å²) in [4.78, 5) is 46.5. The van der Waals surface area contributed by atoms with Gasteiger partial charge in [0, 0.05) is 28.9 Å². The molecule has 2 aromatic rings. The average Bonchev–Trinajstić information content (AvgIpc) is 3.54. The molecule has 0 spiro atoms. The number of hydrogen-bond acceptors (Lipinski definition) is 7. The summed E-state index contributed by atoms with van der Waals surface area (Å²) in [7, 11) is 1.31. The fourth-order valence-electron chi connectivity index (χ4n) is 9.50. The number of carbonyl (C=O) groups excluding carboxylic acids is 3. The molecule has 3 N–H and O–H groups in total. The molecule has 0 radical (unpaired) electrons. The summed E-state index contributed by atoms with van der Waals surface area (Å²) < 4.78 is 4.95. The maximum Gasteiger partial charge on any atom is 0.328 e. The van der Waals surface area contributed by atoms with Gasteiger partial charge < -0.3 is 25.0 Å². The van der Waals surface area contributed by atoms with Crippen molar-refractivity contribution in [1.82, 2.24) is 10.3 Å². The molecule has 6 rings (SSSR count). The van der Waals surface area contributed by atoms with Gasteiger partial charge in [0.1, 0.15) is 11.6 Å². The van der Waals surface area contributed by atoms with Crippen LogP contribution in [0.15, 0.2) is 47.3 Å². The van der Waals surface area contributed by atoms with Crippen LogP contribution >= 0.6 is 0 Å². The minimum atomic E-state index is -1.19. The Hall–Kier alpha value is -3.46. The lowest BCUT2D eigenvalue weighted by molar-refractivity contribution is -0.159. The van der Waals surface area contributed by atoms with Crippen molar-refractivity contribution < 1.29 is 29.1 Å². The number of aromatic amines is 1. The fourth-order valence-corrected chi connectivity index (χ4v) is 9.50. The highest BCUT2D eigenvalue weighted by Gasteiger charge is 2.65. The van der Waals surface area contributed by atoms with Gasteiger partial charge in [0.15, 0.2) is 12.4 Å². The molecule has 9 nitrogen and oxygen atoms in total. The van der Waals surface area contributed by atoms with Gasteiger partial charge in [0.2, 0.25) is 0 Å². The van der Waals surface area contributed by atoms with E-state index in [0.29, 0.717) is 24.2 Å². The number of allylic oxidation sites excluding steroid dienone is 2. The summed E-state index contributed by atoms with van der Waals surface area (Å²) in [5, 5.41) is 19.5. The van der Waals surface area contributed by atoms with Gasteiger partial charge >= 0.3 is 5.97 Å². The molecular formula is C35H45N3O6. The number of carbonyl (C=O) groups is 3. The number of esters is 1. The van der Waals surface area contributed by atoms with Gasteiger partial charge in [-0.1, -0.05) is 42.8 Å². The van der Waals surface area contributed by atoms with Gasteiger partial charge in [-0.15, -0.1) is 0 Å². The van der Waals surface area contributed by atoms with Gasteiger partial charge in [-0.25, -0.2) is 4.79 Å². The standard InChI is InChI=1S/C35H45N3O6/c1-21(39)35(42)16-13-28-26-10-9-23-18-24(11-14-33(23,2)27(26)12-15-34(28,35)3)38-44-20-31(40)37-30(32(41)43-4)17-22-19-36-29-8-6-5-7-25(22)29/h5-8,18-19,26-28,30,36,42H,9-17,20H2,1-4H3,(H,37,40)/b38-24-/t26-,27+,28-,30-,33-,34-,35-/m0/s1. The normalized spacial score (nSPS) is 34.3. The van der Waals surface area contributed by atoms with E-state index < -0.39 is 23.5 Å². The quantitative estimate of drug-likeness (QED) is 0.287. The second kappa shape index (κ2) is 11.5. The van der Waals surface area contributed by atoms with Crippen molar-refractivity contribution in [2.24, 2.45) is 33.7 Å². The Morgan fingerprint density at radius 1 is 1.09 bits per heavy atom. The molecule has 1 aromatic heterocycles. The minimum Gasteiger partial charge on any atom is -0.467 e. The molecule has 44 heavy (non-hydrogen) atoms. The number of benzene rings is 1. The molecular weight excluding hydrogens is 558 g/mol. The van der Waals surface area contributed by atoms with Crippen LogP contribution in [-0.2, 0) is 30.4 Å². The predicted octanol–water partition coefficient (Wildman–Crippen LogP) is 5.02. The summed E-state index contributed by atoms with van der Waals surface area (Å²) >= 11 is 0. The zero-order chi connectivity index (χ0) is 31.3. The fraction of sp³-hybridized carbons (Fsp3) is 0.600. The van der Waals surface area contributed by atoms with Crippen molar-refractivity contribution in [3.8, 4) is 0 Å². The first-order valence-corrected chi connectivity index (χ1v) is 16.1. The first kappa shape index (κ1) is 30.6. The van der Waals surface area contributed by atoms with Crippen LogP contribution in [0.3, 0.4) is 0 Å². The number of H-pyrrole nitrogens is 1. The molecule has 4 aliphatic rings. The number of Topliss-reactive ketones (excluding diaryl/α,β-unsaturated/α-hetero) is 1. The van der Waals surface area contributed by atoms with Crippen LogP contribution in [0.2, 0.25) is 0 Å². The predicted molar refractivity (Wildman–Crippen MR) is 167 cm³/mol. The van der Waals surface area contributed by atoms with Crippen LogP contribution in [0, 0.1) is 28.6 Å². The smallest absolute Gasteiger partial charge is 0.328 e. The van der Waals surface area contributed by atoms with Gasteiger partial charge in [-0.2, -0.15) is 0 Å². The number of ketones is 1. The number of nitrogens with one attached hydrogen (secondary N) is 2. The second-order valence-electron chi connectivity index (χ2n) is 14.0. The zero-order valence-electron chi connectivity index (χ0n) is 26.3. The van der Waals surface area contributed by atoms with E-state index in [1.165, 1.54) is 12.7 Å². The van der Waals surface area contributed by atoms with Crippen LogP contribution in [0.4, 0.5) is 0 Å². The molecule has 3 fully saturated rings. The Bertz CT molecular complexity index is 1530. The van der Waals surface area contributed by atoms with E-state index in [1.54, 1.807) is 6.92 Å². The molecule has 0 aliphatic heterocycles. The largest absolute Gasteiger partial charge is 0.467 e. The summed E-state index contributed by atoms with van der Waals surface area (Å²) in [6, 6.07) is 6.96. The maximum absolute atomic E-state index is 12.8. The first-order chi connectivity index (χ1) is 21.0. The van der Waals surface area contributed by atoms with Gasteiger partial charge in [-0.05, 0) is 99.2 Å². The van der Waals surface area contributed by atoms with Crippen molar-refractivity contribution in [2.75, 3.05) is 13.7 Å². The molecule has 7 atom stereocenters. The van der Waals surface area contributed by atoms with E-state index in [1.807, 2.05) is 30.5 Å². The number of methoxy groups -OCH3 is 1. The van der Waals surface area contributed by atoms with E-state index in [9.17, 15) is 19.5 Å². The highest BCUT2D eigenvalue weighted by molar-refractivity contribution is 5.96. The number of aromatic nitrogens is 1. The third-order valence-electron chi connectivity index (χ3n) is 12.0. The van der Waals surface area contributed by atoms with Crippen LogP contribution in [-0.4, -0.2) is 58.8 Å². The number of amides is 1. The molecule has 3 saturated carbocycles. The number of para-hydroxylation sites is 1. The molecule has 4 aliphatic carbocycles. The lowest BCUT2D eigenvalue weighted by atomic mass is 9.46. The molecule has 1 heterocycles. The van der Waals surface area contributed by atoms with E-state index in [2.05, 4.69) is 35.4 Å². The lowest BCUT2D eigenvalue weighted by Gasteiger charge is -2.59. The molecule has 0 bridgehead atoms. The van der Waals surface area contributed by atoms with Gasteiger partial charge in [-0.3, -0.25) is 9.59 Å². The molecule has 1 aromatic carbocycles. The highest BCUT2D eigenvalue weighted by atomic mass is 16.6. The maximum atomic E-state index is 12.8. The molecule has 0 saturated heterocycles. The number of hydrogen-bond donors (Lipinski definition) is 3. The van der Waals surface area contributed by atoms with Gasteiger partial charge in [0.25, 0.3) is 5.91 Å². The Kier molecular flexibility index (Phi) is 7.97. The van der Waals surface area contributed by atoms with E-state index in [4.69, 9.17) is 9.57 Å². The first-order valence-electron chi connectivity index (χ1n) is 16.1. The number of oxime groups is 1. The molecule has 1 amide bonds. The van der Waals surface area contributed by atoms with E-state index >= 15 is 0 Å². The minimum absolute atomic E-state index is 0.0632. The van der Waals surface area contributed by atoms with Crippen molar-refractivity contribution in [2.45, 2.75) is 90.2 Å². The van der Waals surface area contributed by atoms with E-state index in [-0.39, 0.29) is 29.6 Å². The summed E-state index contributed by atoms with van der Waals surface area (Å²) in [6.07, 6.45) is 11.4. The Balaban J connectivity index is 1.08.